The molecule has 4 rings (SSSR count). The molecule has 0 aliphatic carbocycles. The fourth-order valence-corrected chi connectivity index (χ4v) is 6.09. The highest BCUT2D eigenvalue weighted by atomic mass is 32.2. The molecule has 146 valence electrons. The summed E-state index contributed by atoms with van der Waals surface area (Å²) < 4.78 is 28.3. The summed E-state index contributed by atoms with van der Waals surface area (Å²) in [6, 6.07) is 9.70. The quantitative estimate of drug-likeness (QED) is 0.721. The van der Waals surface area contributed by atoms with E-state index in [4.69, 9.17) is 0 Å². The number of aromatic nitrogens is 1. The monoisotopic (exact) mass is 396 g/mol. The van der Waals surface area contributed by atoms with Crippen molar-refractivity contribution in [3.63, 3.8) is 0 Å². The SMILES string of the molecule is Cc1cc(C)c(S(=O)(=O)N2CCc3cc4cc(C)c(=O)[nH]c4cc3C2)c(C)c1. The lowest BCUT2D eigenvalue weighted by atomic mass is 9.98. The zero-order valence-corrected chi connectivity index (χ0v) is 17.4. The molecule has 0 atom stereocenters. The predicted molar refractivity (Wildman–Crippen MR) is 111 cm³/mol. The predicted octanol–water partition coefficient (Wildman–Crippen LogP) is 3.51. The molecule has 0 amide bonds. The number of pyridine rings is 1. The fourth-order valence-electron chi connectivity index (χ4n) is 4.26. The minimum Gasteiger partial charge on any atom is -0.322 e. The van der Waals surface area contributed by atoms with Crippen molar-refractivity contribution in [1.29, 1.82) is 0 Å². The van der Waals surface area contributed by atoms with E-state index in [0.717, 1.165) is 38.7 Å². The van der Waals surface area contributed by atoms with Gasteiger partial charge in [0, 0.05) is 24.2 Å². The van der Waals surface area contributed by atoms with Gasteiger partial charge in [0.2, 0.25) is 10.0 Å². The maximum Gasteiger partial charge on any atom is 0.251 e. The molecule has 0 fully saturated rings. The molecule has 0 unspecified atom stereocenters. The average molecular weight is 397 g/mol. The number of nitrogens with zero attached hydrogens (tertiary/aromatic N) is 1. The van der Waals surface area contributed by atoms with Gasteiger partial charge in [0.15, 0.2) is 0 Å². The normalized spacial score (nSPS) is 15.0. The van der Waals surface area contributed by atoms with Crippen molar-refractivity contribution in [2.75, 3.05) is 6.54 Å². The molecular weight excluding hydrogens is 372 g/mol. The number of aryl methyl sites for hydroxylation is 4. The molecule has 5 nitrogen and oxygen atoms in total. The van der Waals surface area contributed by atoms with E-state index in [1.54, 1.807) is 11.2 Å². The lowest BCUT2D eigenvalue weighted by molar-refractivity contribution is 0.391. The summed E-state index contributed by atoms with van der Waals surface area (Å²) >= 11 is 0. The van der Waals surface area contributed by atoms with Crippen molar-refractivity contribution in [2.24, 2.45) is 0 Å². The molecule has 6 heteroatoms. The highest BCUT2D eigenvalue weighted by molar-refractivity contribution is 7.89. The van der Waals surface area contributed by atoms with Crippen LogP contribution < -0.4 is 5.56 Å². The van der Waals surface area contributed by atoms with E-state index >= 15 is 0 Å². The Morgan fingerprint density at radius 1 is 0.893 bits per heavy atom. The van der Waals surface area contributed by atoms with E-state index in [9.17, 15) is 13.2 Å². The van der Waals surface area contributed by atoms with Crippen LogP contribution in [-0.2, 0) is 23.0 Å². The smallest absolute Gasteiger partial charge is 0.251 e. The van der Waals surface area contributed by atoms with E-state index in [2.05, 4.69) is 11.1 Å². The number of aromatic amines is 1. The maximum absolute atomic E-state index is 13.4. The van der Waals surface area contributed by atoms with Crippen LogP contribution in [0.4, 0.5) is 0 Å². The number of hydrogen-bond donors (Lipinski definition) is 1. The Labute approximate surface area is 165 Å². The Kier molecular flexibility index (Phi) is 4.43. The first kappa shape index (κ1) is 18.9. The number of hydrogen-bond acceptors (Lipinski definition) is 3. The van der Waals surface area contributed by atoms with Gasteiger partial charge in [-0.05, 0) is 80.0 Å². The largest absolute Gasteiger partial charge is 0.322 e. The second-order valence-electron chi connectivity index (χ2n) is 7.81. The Hall–Kier alpha value is -2.44. The topological polar surface area (TPSA) is 70.2 Å². The summed E-state index contributed by atoms with van der Waals surface area (Å²) in [6.45, 7) is 8.24. The summed E-state index contributed by atoms with van der Waals surface area (Å²) in [5.41, 5.74) is 6.02. The van der Waals surface area contributed by atoms with E-state index in [1.807, 2.05) is 45.0 Å². The van der Waals surface area contributed by atoms with Crippen molar-refractivity contribution >= 4 is 20.9 Å². The van der Waals surface area contributed by atoms with Gasteiger partial charge in [-0.3, -0.25) is 4.79 Å². The van der Waals surface area contributed by atoms with E-state index in [1.165, 1.54) is 0 Å². The summed E-state index contributed by atoms with van der Waals surface area (Å²) in [7, 11) is -3.59. The molecule has 1 aliphatic heterocycles. The van der Waals surface area contributed by atoms with Crippen molar-refractivity contribution in [2.45, 2.75) is 45.6 Å². The molecule has 1 aromatic heterocycles. The van der Waals surface area contributed by atoms with E-state index in [0.29, 0.717) is 30.0 Å². The minimum atomic E-state index is -3.59. The third-order valence-corrected chi connectivity index (χ3v) is 7.68. The maximum atomic E-state index is 13.4. The molecule has 1 N–H and O–H groups in total. The standard InChI is InChI=1S/C22H24N2O3S/c1-13-7-14(2)21(15(3)8-13)28(26,27)24-6-5-17-10-18-9-16(4)22(25)23-20(18)11-19(17)12-24/h7-11H,5-6,12H2,1-4H3,(H,23,25). The Morgan fingerprint density at radius 3 is 2.25 bits per heavy atom. The Balaban J connectivity index is 1.77. The van der Waals surface area contributed by atoms with Crippen LogP contribution in [0.15, 0.2) is 40.0 Å². The van der Waals surface area contributed by atoms with Crippen molar-refractivity contribution in [1.82, 2.24) is 9.29 Å². The third kappa shape index (κ3) is 3.06. The highest BCUT2D eigenvalue weighted by Gasteiger charge is 2.31. The molecule has 0 saturated carbocycles. The van der Waals surface area contributed by atoms with Gasteiger partial charge in [0.25, 0.3) is 5.56 Å². The van der Waals surface area contributed by atoms with Gasteiger partial charge in [0.1, 0.15) is 0 Å². The van der Waals surface area contributed by atoms with Crippen molar-refractivity contribution in [3.05, 3.63) is 74.1 Å². The number of fused-ring (bicyclic) bond motifs is 2. The van der Waals surface area contributed by atoms with Gasteiger partial charge < -0.3 is 4.98 Å². The molecule has 28 heavy (non-hydrogen) atoms. The molecular formula is C22H24N2O3S. The zero-order chi connectivity index (χ0) is 20.2. The molecule has 2 heterocycles. The summed E-state index contributed by atoms with van der Waals surface area (Å²) in [4.78, 5) is 15.3. The Bertz CT molecular complexity index is 1250. The van der Waals surface area contributed by atoms with Gasteiger partial charge in [-0.25, -0.2) is 8.42 Å². The van der Waals surface area contributed by atoms with E-state index < -0.39 is 10.0 Å². The fraction of sp³-hybridized carbons (Fsp3) is 0.318. The molecule has 0 bridgehead atoms. The van der Waals surface area contributed by atoms with Crippen LogP contribution in [0.5, 0.6) is 0 Å². The molecule has 0 radical (unpaired) electrons. The Morgan fingerprint density at radius 2 is 1.57 bits per heavy atom. The zero-order valence-electron chi connectivity index (χ0n) is 16.6. The molecule has 0 spiro atoms. The van der Waals surface area contributed by atoms with E-state index in [-0.39, 0.29) is 5.56 Å². The number of benzene rings is 2. The van der Waals surface area contributed by atoms with Gasteiger partial charge in [-0.15, -0.1) is 0 Å². The van der Waals surface area contributed by atoms with Crippen LogP contribution in [0.1, 0.15) is 33.4 Å². The number of nitrogens with one attached hydrogen (secondary N) is 1. The molecule has 0 saturated heterocycles. The lowest BCUT2D eigenvalue weighted by Crippen LogP contribution is -2.36. The van der Waals surface area contributed by atoms with Crippen LogP contribution in [0.25, 0.3) is 10.9 Å². The molecule has 3 aromatic rings. The number of rotatable bonds is 2. The van der Waals surface area contributed by atoms with Crippen molar-refractivity contribution < 1.29 is 8.42 Å². The van der Waals surface area contributed by atoms with Crippen LogP contribution in [0, 0.1) is 27.7 Å². The van der Waals surface area contributed by atoms with Crippen LogP contribution >= 0.6 is 0 Å². The van der Waals surface area contributed by atoms with Gasteiger partial charge in [0.05, 0.1) is 4.90 Å². The lowest BCUT2D eigenvalue weighted by Gasteiger charge is -2.29. The van der Waals surface area contributed by atoms with Gasteiger partial charge in [-0.2, -0.15) is 4.31 Å². The highest BCUT2D eigenvalue weighted by Crippen LogP contribution is 2.30. The molecule has 1 aliphatic rings. The van der Waals surface area contributed by atoms with Crippen molar-refractivity contribution in [3.8, 4) is 0 Å². The summed E-state index contributed by atoms with van der Waals surface area (Å²) in [5, 5.41) is 0.984. The number of H-pyrrole nitrogens is 1. The third-order valence-electron chi connectivity index (χ3n) is 5.53. The number of sulfonamides is 1. The van der Waals surface area contributed by atoms with Gasteiger partial charge >= 0.3 is 0 Å². The second-order valence-corrected chi connectivity index (χ2v) is 9.68. The van der Waals surface area contributed by atoms with Crippen LogP contribution in [0.3, 0.4) is 0 Å². The first-order valence-electron chi connectivity index (χ1n) is 9.40. The first-order valence-corrected chi connectivity index (χ1v) is 10.8. The average Bonchev–Trinajstić information content (AvgIpc) is 2.59. The summed E-state index contributed by atoms with van der Waals surface area (Å²) in [6.07, 6.45) is 0.659. The minimum absolute atomic E-state index is 0.112. The first-order chi connectivity index (χ1) is 13.2. The summed E-state index contributed by atoms with van der Waals surface area (Å²) in [5.74, 6) is 0. The second kappa shape index (κ2) is 6.57. The van der Waals surface area contributed by atoms with Crippen LogP contribution in [0.2, 0.25) is 0 Å². The molecule has 2 aromatic carbocycles. The van der Waals surface area contributed by atoms with Crippen LogP contribution in [-0.4, -0.2) is 24.3 Å². The van der Waals surface area contributed by atoms with Gasteiger partial charge in [-0.1, -0.05) is 17.7 Å².